The highest BCUT2D eigenvalue weighted by Gasteiger charge is 2.75. The van der Waals surface area contributed by atoms with Gasteiger partial charge in [-0.3, -0.25) is 14.4 Å². The summed E-state index contributed by atoms with van der Waals surface area (Å²) < 4.78 is 43.6. The number of ketones is 2. The molecule has 0 bridgehead atoms. The summed E-state index contributed by atoms with van der Waals surface area (Å²) in [5, 5.41) is 55.3. The first-order valence-electron chi connectivity index (χ1n) is 24.4. The summed E-state index contributed by atoms with van der Waals surface area (Å²) in [6.45, 7) is 4.84. The van der Waals surface area contributed by atoms with Crippen molar-refractivity contribution in [1.29, 1.82) is 0 Å². The van der Waals surface area contributed by atoms with Crippen LogP contribution in [0.15, 0.2) is 66.3 Å². The van der Waals surface area contributed by atoms with E-state index in [2.05, 4.69) is 0 Å². The van der Waals surface area contributed by atoms with E-state index in [1.54, 1.807) is 26.8 Å². The summed E-state index contributed by atoms with van der Waals surface area (Å²) in [7, 11) is 0. The number of allylic oxidation sites excluding steroid dienone is 6. The van der Waals surface area contributed by atoms with Crippen LogP contribution in [-0.2, 0) is 44.5 Å². The number of aliphatic hydroxyl groups is 5. The lowest BCUT2D eigenvalue weighted by Crippen LogP contribution is -2.69. The van der Waals surface area contributed by atoms with E-state index in [1.165, 1.54) is 17.7 Å². The van der Waals surface area contributed by atoms with Crippen molar-refractivity contribution >= 4 is 23.7 Å². The van der Waals surface area contributed by atoms with Crippen molar-refractivity contribution in [1.82, 2.24) is 0 Å². The quantitative estimate of drug-likeness (QED) is 0.0465. The van der Waals surface area contributed by atoms with Gasteiger partial charge in [-0.25, -0.2) is 9.18 Å². The fraction of sp³-hybridized carbons (Fsp3) is 0.692. The van der Waals surface area contributed by atoms with Crippen LogP contribution in [-0.4, -0.2) is 131 Å². The van der Waals surface area contributed by atoms with Gasteiger partial charge in [0.2, 0.25) is 5.78 Å². The Balaban J connectivity index is 0.781. The Kier molecular flexibility index (Phi) is 18.2. The smallest absolute Gasteiger partial charge is 0.463 e. The second-order valence-corrected chi connectivity index (χ2v) is 20.0. The van der Waals surface area contributed by atoms with Crippen LogP contribution in [0.25, 0.3) is 0 Å². The highest BCUT2D eigenvalue weighted by Crippen LogP contribution is 2.70. The number of fused-ring (bicyclic) bond motifs is 5. The molecule has 5 aliphatic rings. The standard InChI is InChI=1S/C52H73FO14/c1-34-29-42-41-20-16-36-30-38(55)21-22-49(36,2)51(41,53)45(58)32-50(42,3)52(34,62)46(59)33-67-48(61)66-28-26-64-24-23-63-25-27-65-47(60)14-10-5-4-9-13-39-40(44(57)31-43(39)56)19-18-37(54)17-15-35-11-7-6-8-12-35/h4,6-9,11-12,21-22,30,34,37,39-45,54,56-58,62H,5,10,13-20,23-29,31-33H2,1-3H3/b9-4-/t34-,37+,39-,40-,41+,42+,43+,44-,45+,49+,50+,51+,52+/m1/s1. The zero-order valence-corrected chi connectivity index (χ0v) is 39.4. The first-order valence-corrected chi connectivity index (χ1v) is 24.4. The minimum absolute atomic E-state index is 0.0173. The Bertz CT molecular complexity index is 1940. The van der Waals surface area contributed by atoms with Crippen molar-refractivity contribution in [3.05, 3.63) is 71.8 Å². The second kappa shape index (κ2) is 23.2. The van der Waals surface area contributed by atoms with E-state index < -0.39 is 82.8 Å². The lowest BCUT2D eigenvalue weighted by Gasteiger charge is -2.62. The molecule has 6 rings (SSSR count). The fourth-order valence-electron chi connectivity index (χ4n) is 12.4. The Labute approximate surface area is 393 Å². The molecule has 14 nitrogen and oxygen atoms in total. The molecule has 5 N–H and O–H groups in total. The molecule has 67 heavy (non-hydrogen) atoms. The number of halogens is 1. The average Bonchev–Trinajstić information content (AvgIpc) is 3.68. The Morgan fingerprint density at radius 2 is 1.57 bits per heavy atom. The van der Waals surface area contributed by atoms with E-state index in [-0.39, 0.29) is 76.1 Å². The molecule has 0 unspecified atom stereocenters. The Morgan fingerprint density at radius 1 is 0.881 bits per heavy atom. The van der Waals surface area contributed by atoms with E-state index in [1.807, 2.05) is 42.5 Å². The van der Waals surface area contributed by atoms with Gasteiger partial charge in [0.15, 0.2) is 18.1 Å². The van der Waals surface area contributed by atoms with E-state index in [0.29, 0.717) is 69.8 Å². The summed E-state index contributed by atoms with van der Waals surface area (Å²) in [5.41, 5.74) is -4.67. The maximum atomic E-state index is 17.4. The fourth-order valence-corrected chi connectivity index (χ4v) is 12.4. The third kappa shape index (κ3) is 11.6. The summed E-state index contributed by atoms with van der Waals surface area (Å²) in [6.07, 6.45) is 10.2. The van der Waals surface area contributed by atoms with Crippen LogP contribution in [0.1, 0.15) is 103 Å². The van der Waals surface area contributed by atoms with Crippen LogP contribution in [0.2, 0.25) is 0 Å². The predicted octanol–water partition coefficient (Wildman–Crippen LogP) is 5.88. The number of carbonyl (C=O) groups is 4. The van der Waals surface area contributed by atoms with Gasteiger partial charge in [0.1, 0.15) is 18.8 Å². The van der Waals surface area contributed by atoms with Crippen LogP contribution < -0.4 is 0 Å². The number of aryl methyl sites for hydroxylation is 1. The third-order valence-electron chi connectivity index (χ3n) is 16.1. The third-order valence-corrected chi connectivity index (χ3v) is 16.1. The van der Waals surface area contributed by atoms with Crippen molar-refractivity contribution in [3.63, 3.8) is 0 Å². The van der Waals surface area contributed by atoms with Gasteiger partial charge in [0, 0.05) is 23.2 Å². The molecule has 372 valence electrons. The summed E-state index contributed by atoms with van der Waals surface area (Å²) >= 11 is 0. The molecular weight excluding hydrogens is 868 g/mol. The predicted molar refractivity (Wildman–Crippen MR) is 244 cm³/mol. The lowest BCUT2D eigenvalue weighted by molar-refractivity contribution is -0.219. The Hall–Kier alpha value is -3.83. The van der Waals surface area contributed by atoms with Gasteiger partial charge in [-0.15, -0.1) is 0 Å². The number of unbranched alkanes of at least 4 members (excludes halogenated alkanes) is 1. The molecule has 0 radical (unpaired) electrons. The van der Waals surface area contributed by atoms with Crippen LogP contribution in [0.3, 0.4) is 0 Å². The van der Waals surface area contributed by atoms with Crippen molar-refractivity contribution in [2.24, 2.45) is 40.4 Å². The molecule has 1 aromatic rings. The van der Waals surface area contributed by atoms with Gasteiger partial charge < -0.3 is 49.2 Å². The molecular formula is C52H73FO14. The minimum atomic E-state index is -2.10. The van der Waals surface area contributed by atoms with Crippen LogP contribution in [0.4, 0.5) is 9.18 Å². The van der Waals surface area contributed by atoms with E-state index >= 15 is 4.39 Å². The zero-order valence-electron chi connectivity index (χ0n) is 39.4. The number of benzene rings is 1. The average molecular weight is 941 g/mol. The zero-order chi connectivity index (χ0) is 48.4. The molecule has 0 aromatic heterocycles. The number of esters is 1. The van der Waals surface area contributed by atoms with E-state index in [0.717, 1.165) is 6.42 Å². The number of hydrogen-bond donors (Lipinski definition) is 5. The molecule has 0 amide bonds. The highest BCUT2D eigenvalue weighted by atomic mass is 19.1. The molecule has 4 fully saturated rings. The number of rotatable bonds is 24. The van der Waals surface area contributed by atoms with Gasteiger partial charge in [0.25, 0.3) is 0 Å². The number of carbonyl (C=O) groups excluding carboxylic acids is 4. The van der Waals surface area contributed by atoms with Gasteiger partial charge in [-0.05, 0) is 125 Å². The molecule has 0 heterocycles. The topological polar surface area (TPSA) is 216 Å². The summed E-state index contributed by atoms with van der Waals surface area (Å²) in [6, 6.07) is 10.0. The minimum Gasteiger partial charge on any atom is -0.463 e. The molecule has 1 aromatic carbocycles. The van der Waals surface area contributed by atoms with Gasteiger partial charge in [-0.1, -0.05) is 68.0 Å². The highest BCUT2D eigenvalue weighted by molar-refractivity contribution is 6.01. The summed E-state index contributed by atoms with van der Waals surface area (Å²) in [4.78, 5) is 50.4. The van der Waals surface area contributed by atoms with E-state index in [9.17, 15) is 44.7 Å². The molecule has 0 spiro atoms. The molecule has 5 aliphatic carbocycles. The second-order valence-electron chi connectivity index (χ2n) is 20.0. The van der Waals surface area contributed by atoms with Crippen molar-refractivity contribution < 1.29 is 72.8 Å². The number of hydrogen-bond acceptors (Lipinski definition) is 14. The van der Waals surface area contributed by atoms with E-state index in [4.69, 9.17) is 23.7 Å². The van der Waals surface area contributed by atoms with Crippen molar-refractivity contribution in [2.45, 2.75) is 140 Å². The molecule has 13 atom stereocenters. The first kappa shape index (κ1) is 52.5. The molecule has 0 saturated heterocycles. The number of ether oxygens (including phenoxy) is 5. The van der Waals surface area contributed by atoms with Gasteiger partial charge >= 0.3 is 12.1 Å². The Morgan fingerprint density at radius 3 is 2.30 bits per heavy atom. The van der Waals surface area contributed by atoms with Gasteiger partial charge in [0.05, 0.1) is 50.8 Å². The van der Waals surface area contributed by atoms with Crippen LogP contribution >= 0.6 is 0 Å². The number of alkyl halides is 1. The normalized spacial score (nSPS) is 34.8. The molecule has 15 heteroatoms. The maximum absolute atomic E-state index is 17.4. The van der Waals surface area contributed by atoms with Crippen LogP contribution in [0, 0.1) is 40.4 Å². The van der Waals surface area contributed by atoms with Crippen molar-refractivity contribution in [2.75, 3.05) is 46.2 Å². The lowest BCUT2D eigenvalue weighted by atomic mass is 9.44. The number of Topliss-reactive ketones (excluding diaryl/α,β-unsaturated/α-hetero) is 1. The monoisotopic (exact) mass is 940 g/mol. The largest absolute Gasteiger partial charge is 0.508 e. The first-order chi connectivity index (χ1) is 32.0. The molecule has 4 saturated carbocycles. The molecule has 0 aliphatic heterocycles. The summed E-state index contributed by atoms with van der Waals surface area (Å²) in [5.74, 6) is -3.20. The van der Waals surface area contributed by atoms with Crippen LogP contribution in [0.5, 0.6) is 0 Å². The van der Waals surface area contributed by atoms with Crippen molar-refractivity contribution in [3.8, 4) is 0 Å². The number of aliphatic hydroxyl groups excluding tert-OH is 4. The van der Waals surface area contributed by atoms with Gasteiger partial charge in [-0.2, -0.15) is 0 Å². The maximum Gasteiger partial charge on any atom is 0.508 e. The SMILES string of the molecule is C[C@@H]1C[C@H]2[C@@H]3CCC4=CC(=O)C=C[C@]4(C)[C@@]3(F)[C@@H](O)C[C@]2(C)[C@@]1(O)C(=O)COC(=O)OCCOCCOCCOC(=O)CCC/C=C\C[C@@H]1[C@@H](CC[C@@H](O)CCc2ccccc2)[C@H](O)C[C@@H]1O.